The predicted octanol–water partition coefficient (Wildman–Crippen LogP) is 3.62. The Morgan fingerprint density at radius 1 is 1.19 bits per heavy atom. The maximum Gasteiger partial charge on any atom is 0.267 e. The molecule has 6 heteroatoms. The summed E-state index contributed by atoms with van der Waals surface area (Å²) in [5.74, 6) is 1.12. The van der Waals surface area contributed by atoms with Crippen LogP contribution in [0.1, 0.15) is 27.2 Å². The molecular weight excluding hydrogens is 344 g/mol. The molecule has 0 fully saturated rings. The highest BCUT2D eigenvalue weighted by Crippen LogP contribution is 2.33. The first-order chi connectivity index (χ1) is 12.9. The molecule has 2 aromatic rings. The Kier molecular flexibility index (Phi) is 5.64. The van der Waals surface area contributed by atoms with Gasteiger partial charge in [-0.1, -0.05) is 12.1 Å². The van der Waals surface area contributed by atoms with Crippen molar-refractivity contribution >= 4 is 23.2 Å². The lowest BCUT2D eigenvalue weighted by Crippen LogP contribution is -2.45. The Bertz CT molecular complexity index is 817. The molecule has 1 heterocycles. The van der Waals surface area contributed by atoms with E-state index in [-0.39, 0.29) is 24.3 Å². The Balaban J connectivity index is 1.60. The molecule has 1 atom stereocenters. The van der Waals surface area contributed by atoms with E-state index in [1.807, 2.05) is 50.2 Å². The van der Waals surface area contributed by atoms with Crippen LogP contribution in [0.25, 0.3) is 0 Å². The van der Waals surface area contributed by atoms with Crippen LogP contribution in [0.15, 0.2) is 48.5 Å². The van der Waals surface area contributed by atoms with Crippen molar-refractivity contribution in [3.05, 3.63) is 48.5 Å². The number of amides is 2. The molecule has 1 unspecified atom stereocenters. The second-order valence-corrected chi connectivity index (χ2v) is 6.71. The maximum atomic E-state index is 12.4. The molecular formula is C21H24N2O4. The molecule has 0 radical (unpaired) electrons. The van der Waals surface area contributed by atoms with Crippen LogP contribution in [0, 0.1) is 0 Å². The average Bonchev–Trinajstić information content (AvgIpc) is 2.63. The van der Waals surface area contributed by atoms with Gasteiger partial charge in [0.1, 0.15) is 11.5 Å². The van der Waals surface area contributed by atoms with Crippen LogP contribution in [0.4, 0.5) is 11.4 Å². The number of benzene rings is 2. The number of ether oxygens (including phenoxy) is 2. The lowest BCUT2D eigenvalue weighted by Gasteiger charge is -2.32. The van der Waals surface area contributed by atoms with Crippen LogP contribution in [-0.4, -0.2) is 30.6 Å². The minimum atomic E-state index is -0.559. The zero-order chi connectivity index (χ0) is 19.4. The summed E-state index contributed by atoms with van der Waals surface area (Å²) in [7, 11) is 0. The number of para-hydroxylation sites is 2. The number of carbonyl (C=O) groups is 2. The fourth-order valence-corrected chi connectivity index (χ4v) is 2.92. The van der Waals surface area contributed by atoms with Crippen molar-refractivity contribution in [2.24, 2.45) is 0 Å². The summed E-state index contributed by atoms with van der Waals surface area (Å²) in [5.41, 5.74) is 1.39. The van der Waals surface area contributed by atoms with Crippen molar-refractivity contribution in [1.29, 1.82) is 0 Å². The number of nitrogens with zero attached hydrogens (tertiary/aromatic N) is 1. The summed E-state index contributed by atoms with van der Waals surface area (Å²) in [6.45, 7) is 5.93. The van der Waals surface area contributed by atoms with E-state index in [0.29, 0.717) is 23.7 Å². The number of hydrogen-bond acceptors (Lipinski definition) is 4. The Morgan fingerprint density at radius 3 is 2.59 bits per heavy atom. The molecule has 3 rings (SSSR count). The summed E-state index contributed by atoms with van der Waals surface area (Å²) in [6.07, 6.45) is -0.268. The Morgan fingerprint density at radius 2 is 1.89 bits per heavy atom. The van der Waals surface area contributed by atoms with E-state index in [9.17, 15) is 9.59 Å². The van der Waals surface area contributed by atoms with Gasteiger partial charge in [-0.25, -0.2) is 0 Å². The highest BCUT2D eigenvalue weighted by atomic mass is 16.5. The summed E-state index contributed by atoms with van der Waals surface area (Å²) < 4.78 is 11.2. The average molecular weight is 368 g/mol. The van der Waals surface area contributed by atoms with Gasteiger partial charge in [-0.3, -0.25) is 9.59 Å². The van der Waals surface area contributed by atoms with E-state index in [1.54, 1.807) is 24.0 Å². The van der Waals surface area contributed by atoms with Gasteiger partial charge in [0.15, 0.2) is 6.10 Å². The van der Waals surface area contributed by atoms with Crippen LogP contribution in [-0.2, 0) is 9.59 Å². The summed E-state index contributed by atoms with van der Waals surface area (Å²) >= 11 is 0. The lowest BCUT2D eigenvalue weighted by atomic mass is 10.1. The van der Waals surface area contributed by atoms with Gasteiger partial charge in [-0.2, -0.15) is 0 Å². The fraction of sp³-hybridized carbons (Fsp3) is 0.333. The molecule has 27 heavy (non-hydrogen) atoms. The molecule has 0 aliphatic carbocycles. The van der Waals surface area contributed by atoms with Crippen LogP contribution < -0.4 is 19.7 Å². The number of rotatable bonds is 6. The first-order valence-electron chi connectivity index (χ1n) is 9.07. The largest absolute Gasteiger partial charge is 0.491 e. The van der Waals surface area contributed by atoms with Crippen molar-refractivity contribution in [2.75, 3.05) is 16.8 Å². The third-order valence-corrected chi connectivity index (χ3v) is 4.15. The molecule has 1 aliphatic heterocycles. The molecule has 0 aromatic heterocycles. The summed E-state index contributed by atoms with van der Waals surface area (Å²) in [4.78, 5) is 26.4. The van der Waals surface area contributed by atoms with Crippen LogP contribution in [0.3, 0.4) is 0 Å². The zero-order valence-corrected chi connectivity index (χ0v) is 15.8. The maximum absolute atomic E-state index is 12.4. The van der Waals surface area contributed by atoms with Gasteiger partial charge in [0.05, 0.1) is 11.8 Å². The van der Waals surface area contributed by atoms with Gasteiger partial charge < -0.3 is 19.7 Å². The van der Waals surface area contributed by atoms with Crippen molar-refractivity contribution in [3.8, 4) is 11.5 Å². The molecule has 1 aliphatic rings. The number of anilines is 2. The molecule has 1 N–H and O–H groups in total. The third kappa shape index (κ3) is 4.58. The summed E-state index contributed by atoms with van der Waals surface area (Å²) in [6, 6.07) is 14.6. The monoisotopic (exact) mass is 368 g/mol. The molecule has 2 aromatic carbocycles. The molecule has 0 saturated heterocycles. The van der Waals surface area contributed by atoms with Crippen molar-refractivity contribution in [3.63, 3.8) is 0 Å². The van der Waals surface area contributed by atoms with E-state index >= 15 is 0 Å². The molecule has 0 spiro atoms. The Labute approximate surface area is 159 Å². The van der Waals surface area contributed by atoms with Gasteiger partial charge >= 0.3 is 0 Å². The number of hydrogen-bond donors (Lipinski definition) is 1. The SMILES string of the molecule is CC(C)Oc1ccc(NC(=O)CCN2C(=O)C(C)Oc3ccccc32)cc1. The molecule has 0 bridgehead atoms. The fourth-order valence-electron chi connectivity index (χ4n) is 2.92. The van der Waals surface area contributed by atoms with Crippen molar-refractivity contribution in [2.45, 2.75) is 39.4 Å². The van der Waals surface area contributed by atoms with Crippen LogP contribution in [0.2, 0.25) is 0 Å². The van der Waals surface area contributed by atoms with Gasteiger partial charge in [0, 0.05) is 18.7 Å². The number of fused-ring (bicyclic) bond motifs is 1. The highest BCUT2D eigenvalue weighted by Gasteiger charge is 2.31. The molecule has 142 valence electrons. The van der Waals surface area contributed by atoms with E-state index in [2.05, 4.69) is 5.32 Å². The number of carbonyl (C=O) groups excluding carboxylic acids is 2. The smallest absolute Gasteiger partial charge is 0.267 e. The lowest BCUT2D eigenvalue weighted by molar-refractivity contribution is -0.125. The third-order valence-electron chi connectivity index (χ3n) is 4.15. The predicted molar refractivity (Wildman–Crippen MR) is 104 cm³/mol. The van der Waals surface area contributed by atoms with Crippen molar-refractivity contribution < 1.29 is 19.1 Å². The summed E-state index contributed by atoms with van der Waals surface area (Å²) in [5, 5.41) is 2.85. The molecule has 0 saturated carbocycles. The number of nitrogens with one attached hydrogen (secondary N) is 1. The first kappa shape index (κ1) is 18.8. The van der Waals surface area contributed by atoms with Crippen LogP contribution >= 0.6 is 0 Å². The minimum absolute atomic E-state index is 0.0989. The van der Waals surface area contributed by atoms with Gasteiger partial charge in [-0.05, 0) is 57.2 Å². The van der Waals surface area contributed by atoms with E-state index in [4.69, 9.17) is 9.47 Å². The minimum Gasteiger partial charge on any atom is -0.491 e. The van der Waals surface area contributed by atoms with Crippen molar-refractivity contribution in [1.82, 2.24) is 0 Å². The van der Waals surface area contributed by atoms with Crippen LogP contribution in [0.5, 0.6) is 11.5 Å². The van der Waals surface area contributed by atoms with E-state index in [0.717, 1.165) is 5.75 Å². The topological polar surface area (TPSA) is 67.9 Å². The Hall–Kier alpha value is -3.02. The highest BCUT2D eigenvalue weighted by molar-refractivity contribution is 6.00. The van der Waals surface area contributed by atoms with E-state index < -0.39 is 6.10 Å². The molecule has 6 nitrogen and oxygen atoms in total. The van der Waals surface area contributed by atoms with Gasteiger partial charge in [-0.15, -0.1) is 0 Å². The zero-order valence-electron chi connectivity index (χ0n) is 15.8. The second kappa shape index (κ2) is 8.12. The first-order valence-corrected chi connectivity index (χ1v) is 9.07. The normalized spacial score (nSPS) is 15.9. The quantitative estimate of drug-likeness (QED) is 0.846. The second-order valence-electron chi connectivity index (χ2n) is 6.71. The van der Waals surface area contributed by atoms with E-state index in [1.165, 1.54) is 0 Å². The van der Waals surface area contributed by atoms with Gasteiger partial charge in [0.2, 0.25) is 5.91 Å². The molecule has 2 amide bonds. The standard InChI is InChI=1S/C21H24N2O4/c1-14(2)26-17-10-8-16(9-11-17)22-20(24)12-13-23-18-6-4-5-7-19(18)27-15(3)21(23)25/h4-11,14-15H,12-13H2,1-3H3,(H,22,24). The van der Waals surface area contributed by atoms with Gasteiger partial charge in [0.25, 0.3) is 5.91 Å².